The number of nitrogens with zero attached hydrogens (tertiary/aromatic N) is 2. The number of rotatable bonds is 3. The van der Waals surface area contributed by atoms with E-state index < -0.39 is 0 Å². The second-order valence-corrected chi connectivity index (χ2v) is 3.04. The molecule has 0 radical (unpaired) electrons. The van der Waals surface area contributed by atoms with Gasteiger partial charge in [-0.05, 0) is 25.2 Å². The summed E-state index contributed by atoms with van der Waals surface area (Å²) in [5.41, 5.74) is 0.588. The van der Waals surface area contributed by atoms with E-state index in [1.165, 1.54) is 12.1 Å². The van der Waals surface area contributed by atoms with E-state index in [4.69, 9.17) is 4.42 Å². The van der Waals surface area contributed by atoms with E-state index in [-0.39, 0.29) is 5.82 Å². The SMILES string of the molecule is CNCc1nnc(-c2cccc(F)c2)o1. The Hall–Kier alpha value is -1.75. The molecule has 1 N–H and O–H groups in total. The molecule has 2 rings (SSSR count). The minimum Gasteiger partial charge on any atom is -0.419 e. The van der Waals surface area contributed by atoms with Gasteiger partial charge in [0.25, 0.3) is 0 Å². The third kappa shape index (κ3) is 2.19. The van der Waals surface area contributed by atoms with E-state index >= 15 is 0 Å². The van der Waals surface area contributed by atoms with Gasteiger partial charge in [0.05, 0.1) is 6.54 Å². The summed E-state index contributed by atoms with van der Waals surface area (Å²) in [5, 5.41) is 10.5. The fraction of sp³-hybridized carbons (Fsp3) is 0.200. The Morgan fingerprint density at radius 2 is 2.27 bits per heavy atom. The van der Waals surface area contributed by atoms with Crippen LogP contribution in [0.15, 0.2) is 28.7 Å². The third-order valence-corrected chi connectivity index (χ3v) is 1.87. The Morgan fingerprint density at radius 1 is 1.40 bits per heavy atom. The van der Waals surface area contributed by atoms with E-state index in [2.05, 4.69) is 15.5 Å². The summed E-state index contributed by atoms with van der Waals surface area (Å²) < 4.78 is 18.2. The van der Waals surface area contributed by atoms with Crippen LogP contribution in [0.25, 0.3) is 11.5 Å². The molecule has 0 fully saturated rings. The third-order valence-electron chi connectivity index (χ3n) is 1.87. The minimum atomic E-state index is -0.319. The highest BCUT2D eigenvalue weighted by Gasteiger charge is 2.07. The average Bonchev–Trinajstić information content (AvgIpc) is 2.67. The second-order valence-electron chi connectivity index (χ2n) is 3.04. The molecule has 1 heterocycles. The Balaban J connectivity index is 2.29. The largest absolute Gasteiger partial charge is 0.419 e. The van der Waals surface area contributed by atoms with Crippen molar-refractivity contribution in [2.45, 2.75) is 6.54 Å². The van der Waals surface area contributed by atoms with Crippen LogP contribution in [0.5, 0.6) is 0 Å². The Labute approximate surface area is 86.1 Å². The van der Waals surface area contributed by atoms with Crippen LogP contribution >= 0.6 is 0 Å². The first kappa shape index (κ1) is 9.79. The molecular weight excluding hydrogens is 197 g/mol. The lowest BCUT2D eigenvalue weighted by Crippen LogP contribution is -2.04. The normalized spacial score (nSPS) is 10.5. The Kier molecular flexibility index (Phi) is 2.73. The summed E-state index contributed by atoms with van der Waals surface area (Å²) in [4.78, 5) is 0. The summed E-state index contributed by atoms with van der Waals surface area (Å²) in [6.07, 6.45) is 0. The minimum absolute atomic E-state index is 0.319. The summed E-state index contributed by atoms with van der Waals surface area (Å²) >= 11 is 0. The number of aromatic nitrogens is 2. The van der Waals surface area contributed by atoms with Gasteiger partial charge in [-0.2, -0.15) is 0 Å². The van der Waals surface area contributed by atoms with Crippen LogP contribution in [0, 0.1) is 5.82 Å². The first-order chi connectivity index (χ1) is 7.29. The van der Waals surface area contributed by atoms with Gasteiger partial charge >= 0.3 is 0 Å². The van der Waals surface area contributed by atoms with Crippen molar-refractivity contribution in [3.8, 4) is 11.5 Å². The van der Waals surface area contributed by atoms with Crippen molar-refractivity contribution >= 4 is 0 Å². The molecule has 1 aromatic heterocycles. The van der Waals surface area contributed by atoms with Crippen molar-refractivity contribution < 1.29 is 8.81 Å². The molecule has 0 aliphatic rings. The standard InChI is InChI=1S/C10H10FN3O/c1-12-6-9-13-14-10(15-9)7-3-2-4-8(11)5-7/h2-5,12H,6H2,1H3. The predicted octanol–water partition coefficient (Wildman–Crippen LogP) is 1.60. The maximum atomic E-state index is 12.9. The van der Waals surface area contributed by atoms with Crippen molar-refractivity contribution in [3.05, 3.63) is 36.0 Å². The predicted molar refractivity (Wildman–Crippen MR) is 52.5 cm³/mol. The fourth-order valence-corrected chi connectivity index (χ4v) is 1.21. The van der Waals surface area contributed by atoms with Crippen molar-refractivity contribution in [2.24, 2.45) is 0 Å². The molecule has 0 spiro atoms. The lowest BCUT2D eigenvalue weighted by molar-refractivity contribution is 0.490. The summed E-state index contributed by atoms with van der Waals surface area (Å²) in [6.45, 7) is 0.502. The molecule has 15 heavy (non-hydrogen) atoms. The van der Waals surface area contributed by atoms with E-state index in [0.29, 0.717) is 23.9 Å². The number of benzene rings is 1. The highest BCUT2D eigenvalue weighted by atomic mass is 19.1. The molecule has 0 saturated heterocycles. The van der Waals surface area contributed by atoms with Crippen molar-refractivity contribution in [1.29, 1.82) is 0 Å². The zero-order valence-electron chi connectivity index (χ0n) is 8.20. The lowest BCUT2D eigenvalue weighted by atomic mass is 10.2. The molecule has 0 atom stereocenters. The number of hydrogen-bond acceptors (Lipinski definition) is 4. The van der Waals surface area contributed by atoms with E-state index in [9.17, 15) is 4.39 Å². The van der Waals surface area contributed by atoms with E-state index in [1.54, 1.807) is 19.2 Å². The zero-order chi connectivity index (χ0) is 10.7. The molecule has 0 aliphatic heterocycles. The van der Waals surface area contributed by atoms with Gasteiger partial charge in [-0.3, -0.25) is 0 Å². The molecule has 1 aromatic carbocycles. The van der Waals surface area contributed by atoms with Crippen LogP contribution in [0.2, 0.25) is 0 Å². The van der Waals surface area contributed by atoms with E-state index in [0.717, 1.165) is 0 Å². The van der Waals surface area contributed by atoms with Crippen molar-refractivity contribution in [3.63, 3.8) is 0 Å². The summed E-state index contributed by atoms with van der Waals surface area (Å²) in [7, 11) is 1.78. The van der Waals surface area contributed by atoms with Gasteiger partial charge in [0.15, 0.2) is 0 Å². The molecule has 2 aromatic rings. The van der Waals surface area contributed by atoms with Crippen LogP contribution in [-0.4, -0.2) is 17.2 Å². The van der Waals surface area contributed by atoms with Crippen LogP contribution in [-0.2, 0) is 6.54 Å². The number of nitrogens with one attached hydrogen (secondary N) is 1. The topological polar surface area (TPSA) is 51.0 Å². The van der Waals surface area contributed by atoms with Gasteiger partial charge < -0.3 is 9.73 Å². The molecule has 78 valence electrons. The summed E-state index contributed by atoms with van der Waals surface area (Å²) in [5.74, 6) is 0.498. The van der Waals surface area contributed by atoms with Crippen LogP contribution in [0.3, 0.4) is 0 Å². The fourth-order valence-electron chi connectivity index (χ4n) is 1.21. The second kappa shape index (κ2) is 4.18. The molecule has 0 saturated carbocycles. The zero-order valence-corrected chi connectivity index (χ0v) is 8.20. The molecule has 0 bridgehead atoms. The molecule has 0 amide bonds. The Morgan fingerprint density at radius 3 is 3.00 bits per heavy atom. The van der Waals surface area contributed by atoms with Gasteiger partial charge in [-0.15, -0.1) is 10.2 Å². The highest BCUT2D eigenvalue weighted by molar-refractivity contribution is 5.52. The Bertz CT molecular complexity index is 455. The maximum Gasteiger partial charge on any atom is 0.247 e. The van der Waals surface area contributed by atoms with Crippen LogP contribution in [0.1, 0.15) is 5.89 Å². The van der Waals surface area contributed by atoms with E-state index in [1.807, 2.05) is 0 Å². The quantitative estimate of drug-likeness (QED) is 0.830. The average molecular weight is 207 g/mol. The van der Waals surface area contributed by atoms with Gasteiger partial charge in [-0.1, -0.05) is 6.07 Å². The smallest absolute Gasteiger partial charge is 0.247 e. The van der Waals surface area contributed by atoms with Crippen LogP contribution in [0.4, 0.5) is 4.39 Å². The van der Waals surface area contributed by atoms with Gasteiger partial charge in [0, 0.05) is 5.56 Å². The molecule has 0 unspecified atom stereocenters. The lowest BCUT2D eigenvalue weighted by Gasteiger charge is -1.94. The summed E-state index contributed by atoms with van der Waals surface area (Å²) in [6, 6.07) is 6.05. The monoisotopic (exact) mass is 207 g/mol. The number of halogens is 1. The van der Waals surface area contributed by atoms with Crippen molar-refractivity contribution in [2.75, 3.05) is 7.05 Å². The first-order valence-corrected chi connectivity index (χ1v) is 4.52. The number of hydrogen-bond donors (Lipinski definition) is 1. The highest BCUT2D eigenvalue weighted by Crippen LogP contribution is 2.18. The van der Waals surface area contributed by atoms with Crippen LogP contribution < -0.4 is 5.32 Å². The molecule has 4 nitrogen and oxygen atoms in total. The maximum absolute atomic E-state index is 12.9. The van der Waals surface area contributed by atoms with Gasteiger partial charge in [-0.25, -0.2) is 4.39 Å². The first-order valence-electron chi connectivity index (χ1n) is 4.52. The molecular formula is C10H10FN3O. The van der Waals surface area contributed by atoms with Crippen molar-refractivity contribution in [1.82, 2.24) is 15.5 Å². The molecule has 0 aliphatic carbocycles. The van der Waals surface area contributed by atoms with Gasteiger partial charge in [0.1, 0.15) is 5.82 Å². The molecule has 5 heteroatoms. The van der Waals surface area contributed by atoms with Gasteiger partial charge in [0.2, 0.25) is 11.8 Å².